The maximum atomic E-state index is 11.9. The lowest BCUT2D eigenvalue weighted by Gasteiger charge is -2.06. The van der Waals surface area contributed by atoms with Gasteiger partial charge < -0.3 is 4.74 Å². The summed E-state index contributed by atoms with van der Waals surface area (Å²) in [5.41, 5.74) is 2.60. The van der Waals surface area contributed by atoms with E-state index in [1.807, 2.05) is 48.5 Å². The summed E-state index contributed by atoms with van der Waals surface area (Å²) in [5.74, 6) is -0.0713. The fourth-order valence-corrected chi connectivity index (χ4v) is 3.00. The number of halogens is 1. The number of fused-ring (bicyclic) bond motifs is 1. The van der Waals surface area contributed by atoms with E-state index >= 15 is 0 Å². The van der Waals surface area contributed by atoms with Gasteiger partial charge in [0.1, 0.15) is 11.6 Å². The first-order valence-corrected chi connectivity index (χ1v) is 8.74. The summed E-state index contributed by atoms with van der Waals surface area (Å²) in [5, 5.41) is 0.710. The number of aromatic nitrogens is 2. The number of para-hydroxylation sites is 2. The molecule has 3 rings (SSSR count). The Kier molecular flexibility index (Phi) is 5.25. The van der Waals surface area contributed by atoms with Crippen LogP contribution in [0.4, 0.5) is 0 Å². The van der Waals surface area contributed by atoms with E-state index in [0.29, 0.717) is 5.03 Å². The highest BCUT2D eigenvalue weighted by Gasteiger charge is 2.08. The van der Waals surface area contributed by atoms with E-state index in [9.17, 15) is 4.79 Å². The fourth-order valence-electron chi connectivity index (χ4n) is 1.96. The molecular formula is C17H13BrN2O2S. The van der Waals surface area contributed by atoms with Crippen molar-refractivity contribution in [3.05, 3.63) is 64.8 Å². The SMILES string of the molecule is O=C(CSc1cnc2ccccc2n1)OCc1ccccc1Br. The Hall–Kier alpha value is -1.92. The van der Waals surface area contributed by atoms with Crippen LogP contribution in [-0.4, -0.2) is 21.7 Å². The molecule has 4 nitrogen and oxygen atoms in total. The summed E-state index contributed by atoms with van der Waals surface area (Å²) in [6.45, 7) is 0.254. The van der Waals surface area contributed by atoms with E-state index < -0.39 is 0 Å². The Morgan fingerprint density at radius 2 is 1.83 bits per heavy atom. The van der Waals surface area contributed by atoms with Gasteiger partial charge >= 0.3 is 5.97 Å². The van der Waals surface area contributed by atoms with E-state index in [1.165, 1.54) is 11.8 Å². The van der Waals surface area contributed by atoms with Crippen LogP contribution in [0, 0.1) is 0 Å². The molecule has 0 fully saturated rings. The third kappa shape index (κ3) is 4.30. The molecule has 6 heteroatoms. The van der Waals surface area contributed by atoms with Crippen molar-refractivity contribution in [3.8, 4) is 0 Å². The summed E-state index contributed by atoms with van der Waals surface area (Å²) >= 11 is 4.75. The maximum absolute atomic E-state index is 11.9. The predicted octanol–water partition coefficient (Wildman–Crippen LogP) is 4.23. The second-order valence-electron chi connectivity index (χ2n) is 4.74. The molecule has 0 atom stereocenters. The van der Waals surface area contributed by atoms with Crippen LogP contribution in [0.2, 0.25) is 0 Å². The largest absolute Gasteiger partial charge is 0.460 e. The van der Waals surface area contributed by atoms with Gasteiger partial charge in [-0.25, -0.2) is 4.98 Å². The number of hydrogen-bond acceptors (Lipinski definition) is 5. The molecule has 0 bridgehead atoms. The monoisotopic (exact) mass is 388 g/mol. The van der Waals surface area contributed by atoms with E-state index in [0.717, 1.165) is 21.1 Å². The number of carbonyl (C=O) groups excluding carboxylic acids is 1. The molecule has 0 aliphatic heterocycles. The maximum Gasteiger partial charge on any atom is 0.316 e. The molecule has 0 amide bonds. The van der Waals surface area contributed by atoms with Gasteiger partial charge in [-0.15, -0.1) is 0 Å². The molecule has 2 aromatic carbocycles. The van der Waals surface area contributed by atoms with Crippen molar-refractivity contribution < 1.29 is 9.53 Å². The van der Waals surface area contributed by atoms with E-state index in [4.69, 9.17) is 4.74 Å². The highest BCUT2D eigenvalue weighted by atomic mass is 79.9. The number of nitrogens with zero attached hydrogens (tertiary/aromatic N) is 2. The molecule has 0 radical (unpaired) electrons. The van der Waals surface area contributed by atoms with Crippen molar-refractivity contribution in [1.82, 2.24) is 9.97 Å². The van der Waals surface area contributed by atoms with Gasteiger partial charge in [-0.3, -0.25) is 9.78 Å². The molecule has 0 N–H and O–H groups in total. The van der Waals surface area contributed by atoms with E-state index in [-0.39, 0.29) is 18.3 Å². The first kappa shape index (κ1) is 16.0. The topological polar surface area (TPSA) is 52.1 Å². The van der Waals surface area contributed by atoms with Crippen molar-refractivity contribution in [2.24, 2.45) is 0 Å². The summed E-state index contributed by atoms with van der Waals surface area (Å²) in [7, 11) is 0. The number of esters is 1. The molecule has 0 aliphatic carbocycles. The Morgan fingerprint density at radius 1 is 1.09 bits per heavy atom. The molecule has 116 valence electrons. The predicted molar refractivity (Wildman–Crippen MR) is 94.2 cm³/mol. The lowest BCUT2D eigenvalue weighted by atomic mass is 10.2. The molecular weight excluding hydrogens is 376 g/mol. The zero-order valence-electron chi connectivity index (χ0n) is 12.1. The van der Waals surface area contributed by atoms with Gasteiger partial charge in [-0.1, -0.05) is 58.0 Å². The van der Waals surface area contributed by atoms with Crippen molar-refractivity contribution in [2.45, 2.75) is 11.6 Å². The van der Waals surface area contributed by atoms with Crippen LogP contribution in [0.1, 0.15) is 5.56 Å². The minimum atomic E-state index is -0.277. The Morgan fingerprint density at radius 3 is 2.65 bits per heavy atom. The van der Waals surface area contributed by atoms with Crippen molar-refractivity contribution in [2.75, 3.05) is 5.75 Å². The van der Waals surface area contributed by atoms with Crippen LogP contribution in [0.5, 0.6) is 0 Å². The van der Waals surface area contributed by atoms with Gasteiger partial charge in [0.25, 0.3) is 0 Å². The second kappa shape index (κ2) is 7.57. The molecule has 1 aromatic heterocycles. The molecule has 23 heavy (non-hydrogen) atoms. The zero-order valence-corrected chi connectivity index (χ0v) is 14.5. The molecule has 1 heterocycles. The third-order valence-corrected chi connectivity index (χ3v) is 4.76. The number of benzene rings is 2. The highest BCUT2D eigenvalue weighted by molar-refractivity contribution is 9.10. The normalized spacial score (nSPS) is 10.7. The third-order valence-electron chi connectivity index (χ3n) is 3.11. The number of hydrogen-bond donors (Lipinski definition) is 0. The molecule has 0 saturated carbocycles. The quantitative estimate of drug-likeness (QED) is 0.483. The second-order valence-corrected chi connectivity index (χ2v) is 6.59. The summed E-state index contributed by atoms with van der Waals surface area (Å²) in [4.78, 5) is 20.6. The van der Waals surface area contributed by atoms with Crippen molar-refractivity contribution in [1.29, 1.82) is 0 Å². The number of ether oxygens (including phenoxy) is 1. The van der Waals surface area contributed by atoms with Crippen LogP contribution in [-0.2, 0) is 16.1 Å². The molecule has 0 aliphatic rings. The van der Waals surface area contributed by atoms with E-state index in [2.05, 4.69) is 25.9 Å². The summed E-state index contributed by atoms with van der Waals surface area (Å²) in [6.07, 6.45) is 1.67. The first-order valence-electron chi connectivity index (χ1n) is 6.96. The van der Waals surface area contributed by atoms with Crippen LogP contribution >= 0.6 is 27.7 Å². The van der Waals surface area contributed by atoms with Crippen molar-refractivity contribution >= 4 is 44.7 Å². The Labute approximate surface area is 146 Å². The van der Waals surface area contributed by atoms with Gasteiger partial charge in [-0.2, -0.15) is 0 Å². The summed E-state index contributed by atoms with van der Waals surface area (Å²) < 4.78 is 6.21. The fraction of sp³-hybridized carbons (Fsp3) is 0.118. The van der Waals surface area contributed by atoms with Gasteiger partial charge in [0.2, 0.25) is 0 Å². The molecule has 3 aromatic rings. The lowest BCUT2D eigenvalue weighted by molar-refractivity contribution is -0.141. The van der Waals surface area contributed by atoms with Crippen LogP contribution in [0.15, 0.2) is 64.2 Å². The van der Waals surface area contributed by atoms with Crippen LogP contribution in [0.3, 0.4) is 0 Å². The highest BCUT2D eigenvalue weighted by Crippen LogP contribution is 2.19. The van der Waals surface area contributed by atoms with Crippen LogP contribution in [0.25, 0.3) is 11.0 Å². The van der Waals surface area contributed by atoms with Gasteiger partial charge in [0.15, 0.2) is 0 Å². The number of carbonyl (C=O) groups is 1. The Balaban J connectivity index is 1.54. The average Bonchev–Trinajstić information content (AvgIpc) is 2.59. The van der Waals surface area contributed by atoms with Gasteiger partial charge in [0, 0.05) is 10.0 Å². The van der Waals surface area contributed by atoms with Crippen LogP contribution < -0.4 is 0 Å². The molecule has 0 saturated heterocycles. The molecule has 0 unspecified atom stereocenters. The van der Waals surface area contributed by atoms with Crippen molar-refractivity contribution in [3.63, 3.8) is 0 Å². The minimum absolute atomic E-state index is 0.206. The number of rotatable bonds is 5. The lowest BCUT2D eigenvalue weighted by Crippen LogP contribution is -2.07. The van der Waals surface area contributed by atoms with E-state index in [1.54, 1.807) is 6.20 Å². The average molecular weight is 389 g/mol. The van der Waals surface area contributed by atoms with Gasteiger partial charge in [-0.05, 0) is 18.2 Å². The standard InChI is InChI=1S/C17H13BrN2O2S/c18-13-6-2-1-5-12(13)10-22-17(21)11-23-16-9-19-14-7-3-4-8-15(14)20-16/h1-9H,10-11H2. The zero-order chi connectivity index (χ0) is 16.1. The van der Waals surface area contributed by atoms with Gasteiger partial charge in [0.05, 0.1) is 23.0 Å². The first-order chi connectivity index (χ1) is 11.2. The smallest absolute Gasteiger partial charge is 0.316 e. The summed E-state index contributed by atoms with van der Waals surface area (Å²) in [6, 6.07) is 15.3. The Bertz CT molecular complexity index is 841. The number of thioether (sulfide) groups is 1. The molecule has 0 spiro atoms. The minimum Gasteiger partial charge on any atom is -0.460 e.